The van der Waals surface area contributed by atoms with Crippen LogP contribution in [0.25, 0.3) is 0 Å². The number of carbonyl (C=O) groups is 1. The number of nitrogen functional groups attached to an aromatic ring is 1. The van der Waals surface area contributed by atoms with Gasteiger partial charge in [0.25, 0.3) is 6.47 Å². The van der Waals surface area contributed by atoms with Gasteiger partial charge in [-0.1, -0.05) is 24.3 Å². The average Bonchev–Trinajstić information content (AvgIpc) is 2.15. The van der Waals surface area contributed by atoms with Crippen molar-refractivity contribution in [2.75, 3.05) is 0 Å². The molecule has 0 aliphatic rings. The Morgan fingerprint density at radius 3 is 2.54 bits per heavy atom. The molecule has 0 aliphatic carbocycles. The van der Waals surface area contributed by atoms with E-state index in [9.17, 15) is 4.79 Å². The highest BCUT2D eigenvalue weighted by Crippen LogP contribution is 2.04. The maximum atomic E-state index is 9.88. The van der Waals surface area contributed by atoms with Crippen molar-refractivity contribution in [2.45, 2.75) is 6.61 Å². The predicted molar refractivity (Wildman–Crippen MR) is 48.3 cm³/mol. The van der Waals surface area contributed by atoms with Crippen LogP contribution in [0.5, 0.6) is 0 Å². The third-order valence-corrected chi connectivity index (χ3v) is 1.58. The molecule has 0 unspecified atom stereocenters. The number of hydrogen-bond donors (Lipinski definition) is 2. The van der Waals surface area contributed by atoms with Gasteiger partial charge in [0.05, 0.1) is 0 Å². The van der Waals surface area contributed by atoms with Gasteiger partial charge in [-0.2, -0.15) is 0 Å². The highest BCUT2D eigenvalue weighted by molar-refractivity contribution is 5.94. The second-order valence-corrected chi connectivity index (χ2v) is 2.52. The fraction of sp³-hybridized carbons (Fsp3) is 0.111. The lowest BCUT2D eigenvalue weighted by Crippen LogP contribution is -2.10. The van der Waals surface area contributed by atoms with Crippen molar-refractivity contribution < 1.29 is 9.53 Å². The molecule has 1 rings (SSSR count). The van der Waals surface area contributed by atoms with Gasteiger partial charge in [0.15, 0.2) is 0 Å². The van der Waals surface area contributed by atoms with Crippen LogP contribution in [0.4, 0.5) is 0 Å². The summed E-state index contributed by atoms with van der Waals surface area (Å²) in [6.07, 6.45) is 0. The van der Waals surface area contributed by atoms with E-state index in [0.717, 1.165) is 5.56 Å². The molecule has 4 heteroatoms. The van der Waals surface area contributed by atoms with E-state index in [1.807, 2.05) is 0 Å². The van der Waals surface area contributed by atoms with E-state index < -0.39 is 0 Å². The molecule has 0 bridgehead atoms. The van der Waals surface area contributed by atoms with Crippen LogP contribution in [-0.2, 0) is 16.1 Å². The van der Waals surface area contributed by atoms with Gasteiger partial charge in [-0.15, -0.1) is 0 Å². The molecule has 3 N–H and O–H groups in total. The molecule has 0 saturated carbocycles. The van der Waals surface area contributed by atoms with Crippen molar-refractivity contribution in [3.05, 3.63) is 35.4 Å². The maximum absolute atomic E-state index is 9.88. The molecule has 0 saturated heterocycles. The average molecular weight is 178 g/mol. The number of amidine groups is 1. The van der Waals surface area contributed by atoms with E-state index in [2.05, 4.69) is 4.74 Å². The van der Waals surface area contributed by atoms with Crippen LogP contribution in [0.2, 0.25) is 0 Å². The van der Waals surface area contributed by atoms with Gasteiger partial charge >= 0.3 is 0 Å². The molecule has 1 aromatic rings. The first-order valence-electron chi connectivity index (χ1n) is 3.72. The fourth-order valence-electron chi connectivity index (χ4n) is 0.911. The minimum atomic E-state index is 0.0304. The highest BCUT2D eigenvalue weighted by Gasteiger charge is 1.96. The molecule has 68 valence electrons. The Morgan fingerprint density at radius 1 is 1.46 bits per heavy atom. The van der Waals surface area contributed by atoms with E-state index in [-0.39, 0.29) is 12.4 Å². The summed E-state index contributed by atoms with van der Waals surface area (Å²) >= 11 is 0. The standard InChI is InChI=1S/C9H10N2O2/c10-9(11)8-3-1-7(2-4-8)5-13-6-12/h1-4,6H,5H2,(H3,10,11). The van der Waals surface area contributed by atoms with Crippen LogP contribution in [0, 0.1) is 5.41 Å². The van der Waals surface area contributed by atoms with E-state index in [1.165, 1.54) is 0 Å². The molecule has 13 heavy (non-hydrogen) atoms. The molecule has 0 fully saturated rings. The number of rotatable bonds is 4. The molecular formula is C9H10N2O2. The fourth-order valence-corrected chi connectivity index (χ4v) is 0.911. The summed E-state index contributed by atoms with van der Waals surface area (Å²) in [5.74, 6) is 0.0304. The summed E-state index contributed by atoms with van der Waals surface area (Å²) in [7, 11) is 0. The molecule has 0 amide bonds. The van der Waals surface area contributed by atoms with Gasteiger partial charge in [-0.25, -0.2) is 0 Å². The van der Waals surface area contributed by atoms with Gasteiger partial charge in [0.1, 0.15) is 12.4 Å². The molecule has 0 atom stereocenters. The lowest BCUT2D eigenvalue weighted by molar-refractivity contribution is -0.129. The minimum absolute atomic E-state index is 0.0304. The van der Waals surface area contributed by atoms with Gasteiger partial charge < -0.3 is 10.5 Å². The number of benzene rings is 1. The molecule has 0 heterocycles. The third-order valence-electron chi connectivity index (χ3n) is 1.58. The minimum Gasteiger partial charge on any atom is -0.463 e. The van der Waals surface area contributed by atoms with E-state index in [0.29, 0.717) is 12.0 Å². The second-order valence-electron chi connectivity index (χ2n) is 2.52. The molecule has 4 nitrogen and oxygen atoms in total. The third kappa shape index (κ3) is 2.59. The molecule has 1 aromatic carbocycles. The van der Waals surface area contributed by atoms with Crippen LogP contribution in [0.15, 0.2) is 24.3 Å². The van der Waals surface area contributed by atoms with Crippen LogP contribution in [-0.4, -0.2) is 12.3 Å². The topological polar surface area (TPSA) is 76.2 Å². The number of nitrogens with two attached hydrogens (primary N) is 1. The first-order valence-corrected chi connectivity index (χ1v) is 3.72. The smallest absolute Gasteiger partial charge is 0.293 e. The molecule has 0 radical (unpaired) electrons. The Balaban J connectivity index is 2.69. The van der Waals surface area contributed by atoms with Crippen molar-refractivity contribution in [1.82, 2.24) is 0 Å². The quantitative estimate of drug-likeness (QED) is 0.403. The summed E-state index contributed by atoms with van der Waals surface area (Å²) in [5, 5.41) is 7.13. The Hall–Kier alpha value is -1.84. The Kier molecular flexibility index (Phi) is 3.03. The van der Waals surface area contributed by atoms with Crippen molar-refractivity contribution in [3.63, 3.8) is 0 Å². The zero-order valence-corrected chi connectivity index (χ0v) is 6.99. The van der Waals surface area contributed by atoms with Crippen molar-refractivity contribution in [1.29, 1.82) is 5.41 Å². The number of hydrogen-bond acceptors (Lipinski definition) is 3. The van der Waals surface area contributed by atoms with E-state index in [1.54, 1.807) is 24.3 Å². The maximum Gasteiger partial charge on any atom is 0.293 e. The Labute approximate surface area is 75.8 Å². The van der Waals surface area contributed by atoms with Crippen molar-refractivity contribution in [3.8, 4) is 0 Å². The Bertz CT molecular complexity index is 306. The zero-order chi connectivity index (χ0) is 9.68. The van der Waals surface area contributed by atoms with Crippen LogP contribution >= 0.6 is 0 Å². The van der Waals surface area contributed by atoms with Crippen LogP contribution in [0.3, 0.4) is 0 Å². The molecular weight excluding hydrogens is 168 g/mol. The van der Waals surface area contributed by atoms with Gasteiger partial charge in [-0.3, -0.25) is 10.2 Å². The first kappa shape index (κ1) is 9.25. The number of nitrogens with one attached hydrogen (secondary N) is 1. The van der Waals surface area contributed by atoms with Crippen molar-refractivity contribution >= 4 is 12.3 Å². The monoisotopic (exact) mass is 178 g/mol. The summed E-state index contributed by atoms with van der Waals surface area (Å²) < 4.78 is 4.55. The van der Waals surface area contributed by atoms with Gasteiger partial charge in [-0.05, 0) is 5.56 Å². The number of ether oxygens (including phenoxy) is 1. The van der Waals surface area contributed by atoms with Crippen LogP contribution < -0.4 is 5.73 Å². The summed E-state index contributed by atoms with van der Waals surface area (Å²) in [4.78, 5) is 9.88. The van der Waals surface area contributed by atoms with Crippen molar-refractivity contribution in [2.24, 2.45) is 5.73 Å². The van der Waals surface area contributed by atoms with Gasteiger partial charge in [0, 0.05) is 5.56 Å². The lowest BCUT2D eigenvalue weighted by Gasteiger charge is -2.01. The predicted octanol–water partition coefficient (Wildman–Crippen LogP) is 0.644. The summed E-state index contributed by atoms with van der Waals surface area (Å²) in [6, 6.07) is 6.96. The Morgan fingerprint density at radius 2 is 2.08 bits per heavy atom. The first-order chi connectivity index (χ1) is 6.24. The normalized spacial score (nSPS) is 9.23. The van der Waals surface area contributed by atoms with E-state index in [4.69, 9.17) is 11.1 Å². The molecule has 0 aromatic heterocycles. The molecule has 0 spiro atoms. The molecule has 0 aliphatic heterocycles. The highest BCUT2D eigenvalue weighted by atomic mass is 16.5. The largest absolute Gasteiger partial charge is 0.463 e. The lowest BCUT2D eigenvalue weighted by atomic mass is 10.1. The second kappa shape index (κ2) is 4.25. The summed E-state index contributed by atoms with van der Waals surface area (Å²) in [6.45, 7) is 0.653. The zero-order valence-electron chi connectivity index (χ0n) is 6.99. The summed E-state index contributed by atoms with van der Waals surface area (Å²) in [5.41, 5.74) is 6.79. The van der Waals surface area contributed by atoms with Gasteiger partial charge in [0.2, 0.25) is 0 Å². The van der Waals surface area contributed by atoms with E-state index >= 15 is 0 Å². The number of carbonyl (C=O) groups excluding carboxylic acids is 1. The van der Waals surface area contributed by atoms with Crippen LogP contribution in [0.1, 0.15) is 11.1 Å². The SMILES string of the molecule is N=C(N)c1ccc(COC=O)cc1.